The quantitative estimate of drug-likeness (QED) is 0.823. The van der Waals surface area contributed by atoms with Crippen molar-refractivity contribution in [2.24, 2.45) is 0 Å². The summed E-state index contributed by atoms with van der Waals surface area (Å²) in [6.45, 7) is 2.12. The molecule has 3 rings (SSSR count). The normalized spacial score (nSPS) is 14.3. The van der Waals surface area contributed by atoms with Crippen molar-refractivity contribution in [3.8, 4) is 0 Å². The molecule has 21 heavy (non-hydrogen) atoms. The molecule has 1 saturated carbocycles. The van der Waals surface area contributed by atoms with Crippen molar-refractivity contribution in [2.45, 2.75) is 38.6 Å². The van der Waals surface area contributed by atoms with Crippen LogP contribution in [-0.4, -0.2) is 6.04 Å². The zero-order chi connectivity index (χ0) is 14.5. The van der Waals surface area contributed by atoms with Gasteiger partial charge in [-0.2, -0.15) is 0 Å². The highest BCUT2D eigenvalue weighted by Crippen LogP contribution is 2.19. The highest BCUT2D eigenvalue weighted by atomic mass is 35.5. The zero-order valence-electron chi connectivity index (χ0n) is 12.0. The number of ether oxygens (including phenoxy) is 1. The Morgan fingerprint density at radius 3 is 2.38 bits per heavy atom. The lowest BCUT2D eigenvalue weighted by Crippen LogP contribution is -2.15. The third-order valence-electron chi connectivity index (χ3n) is 3.68. The second-order valence-corrected chi connectivity index (χ2v) is 5.96. The van der Waals surface area contributed by atoms with Crippen molar-refractivity contribution in [1.82, 2.24) is 5.32 Å². The molecule has 2 aromatic rings. The van der Waals surface area contributed by atoms with E-state index in [1.165, 1.54) is 24.0 Å². The molecule has 1 fully saturated rings. The van der Waals surface area contributed by atoms with Gasteiger partial charge in [-0.15, -0.1) is 0 Å². The highest BCUT2D eigenvalue weighted by Gasteiger charge is 2.19. The summed E-state index contributed by atoms with van der Waals surface area (Å²) in [5, 5.41) is 4.28. The van der Waals surface area contributed by atoms with Crippen molar-refractivity contribution < 1.29 is 4.74 Å². The summed E-state index contributed by atoms with van der Waals surface area (Å²) in [7, 11) is 0. The van der Waals surface area contributed by atoms with E-state index in [0.29, 0.717) is 13.2 Å². The predicted octanol–water partition coefficient (Wildman–Crippen LogP) is 4.31. The van der Waals surface area contributed by atoms with Crippen molar-refractivity contribution in [3.63, 3.8) is 0 Å². The van der Waals surface area contributed by atoms with Gasteiger partial charge in [-0.1, -0.05) is 54.1 Å². The molecule has 110 valence electrons. The van der Waals surface area contributed by atoms with E-state index in [0.717, 1.165) is 23.2 Å². The fraction of sp³-hybridized carbons (Fsp3) is 0.333. The van der Waals surface area contributed by atoms with E-state index in [9.17, 15) is 0 Å². The van der Waals surface area contributed by atoms with Crippen LogP contribution in [0.15, 0.2) is 48.5 Å². The molecule has 0 heterocycles. The Balaban J connectivity index is 1.45. The van der Waals surface area contributed by atoms with Gasteiger partial charge in [-0.3, -0.25) is 0 Å². The molecule has 0 bridgehead atoms. The van der Waals surface area contributed by atoms with Crippen molar-refractivity contribution in [2.75, 3.05) is 0 Å². The molecule has 0 unspecified atom stereocenters. The Bertz CT molecular complexity index is 578. The number of halogens is 1. The van der Waals surface area contributed by atoms with Crippen LogP contribution in [0.3, 0.4) is 0 Å². The molecule has 0 aliphatic heterocycles. The lowest BCUT2D eigenvalue weighted by Gasteiger charge is -2.07. The molecule has 3 heteroatoms. The van der Waals surface area contributed by atoms with Crippen molar-refractivity contribution in [3.05, 3.63) is 70.2 Å². The summed E-state index contributed by atoms with van der Waals surface area (Å²) in [6, 6.07) is 17.2. The largest absolute Gasteiger partial charge is 0.372 e. The first-order chi connectivity index (χ1) is 10.3. The topological polar surface area (TPSA) is 21.3 Å². The Morgan fingerprint density at radius 1 is 0.952 bits per heavy atom. The number of nitrogens with one attached hydrogen (secondary N) is 1. The molecule has 1 aliphatic carbocycles. The smallest absolute Gasteiger partial charge is 0.0735 e. The summed E-state index contributed by atoms with van der Waals surface area (Å²) >= 11 is 6.11. The molecule has 0 spiro atoms. The number of rotatable bonds is 7. The van der Waals surface area contributed by atoms with Crippen LogP contribution in [0.25, 0.3) is 0 Å². The van der Waals surface area contributed by atoms with E-state index in [4.69, 9.17) is 16.3 Å². The lowest BCUT2D eigenvalue weighted by atomic mass is 10.1. The van der Waals surface area contributed by atoms with Gasteiger partial charge in [0.05, 0.1) is 13.2 Å². The van der Waals surface area contributed by atoms with Crippen molar-refractivity contribution in [1.29, 1.82) is 0 Å². The van der Waals surface area contributed by atoms with Gasteiger partial charge in [0, 0.05) is 17.6 Å². The standard InChI is InChI=1S/C18H20ClNO/c19-18-4-2-1-3-16(18)13-21-12-15-7-5-14(6-8-15)11-20-17-9-10-17/h1-8,17,20H,9-13H2. The van der Waals surface area contributed by atoms with Gasteiger partial charge in [-0.25, -0.2) is 0 Å². The monoisotopic (exact) mass is 301 g/mol. The Hall–Kier alpha value is -1.35. The summed E-state index contributed by atoms with van der Waals surface area (Å²) in [5.41, 5.74) is 3.55. The molecule has 2 nitrogen and oxygen atoms in total. The van der Waals surface area contributed by atoms with Crippen LogP contribution in [0, 0.1) is 0 Å². The van der Waals surface area contributed by atoms with E-state index in [2.05, 4.69) is 29.6 Å². The Labute approximate surface area is 131 Å². The highest BCUT2D eigenvalue weighted by molar-refractivity contribution is 6.31. The second-order valence-electron chi connectivity index (χ2n) is 5.56. The number of hydrogen-bond acceptors (Lipinski definition) is 2. The van der Waals surface area contributed by atoms with Crippen LogP contribution in [0.4, 0.5) is 0 Å². The summed E-state index contributed by atoms with van der Waals surface area (Å²) in [5.74, 6) is 0. The maximum absolute atomic E-state index is 6.11. The van der Waals surface area contributed by atoms with E-state index in [1.807, 2.05) is 24.3 Å². The molecule has 0 radical (unpaired) electrons. The molecule has 0 saturated heterocycles. The minimum absolute atomic E-state index is 0.546. The van der Waals surface area contributed by atoms with Crippen LogP contribution in [-0.2, 0) is 24.5 Å². The van der Waals surface area contributed by atoms with E-state index in [-0.39, 0.29) is 0 Å². The third-order valence-corrected chi connectivity index (χ3v) is 4.05. The van der Waals surface area contributed by atoms with Crippen molar-refractivity contribution >= 4 is 11.6 Å². The van der Waals surface area contributed by atoms with E-state index in [1.54, 1.807) is 0 Å². The number of benzene rings is 2. The fourth-order valence-electron chi connectivity index (χ4n) is 2.20. The minimum atomic E-state index is 0.546. The first kappa shape index (κ1) is 14.6. The van der Waals surface area contributed by atoms with Crippen LogP contribution in [0.5, 0.6) is 0 Å². The molecular formula is C18H20ClNO. The van der Waals surface area contributed by atoms with Crippen LogP contribution < -0.4 is 5.32 Å². The first-order valence-corrected chi connectivity index (χ1v) is 7.81. The fourth-order valence-corrected chi connectivity index (χ4v) is 2.39. The minimum Gasteiger partial charge on any atom is -0.372 e. The Morgan fingerprint density at radius 2 is 1.67 bits per heavy atom. The molecule has 2 aromatic carbocycles. The van der Waals surface area contributed by atoms with Gasteiger partial charge in [-0.05, 0) is 35.6 Å². The average Bonchev–Trinajstić information content (AvgIpc) is 3.33. The van der Waals surface area contributed by atoms with Gasteiger partial charge in [0.25, 0.3) is 0 Å². The van der Waals surface area contributed by atoms with E-state index < -0.39 is 0 Å². The molecule has 1 aliphatic rings. The zero-order valence-corrected chi connectivity index (χ0v) is 12.8. The van der Waals surface area contributed by atoms with Gasteiger partial charge >= 0.3 is 0 Å². The maximum atomic E-state index is 6.11. The molecule has 0 atom stereocenters. The van der Waals surface area contributed by atoms with Gasteiger partial charge < -0.3 is 10.1 Å². The Kier molecular flexibility index (Phi) is 4.91. The molecular weight excluding hydrogens is 282 g/mol. The summed E-state index contributed by atoms with van der Waals surface area (Å²) in [4.78, 5) is 0. The maximum Gasteiger partial charge on any atom is 0.0735 e. The molecule has 0 aromatic heterocycles. The first-order valence-electron chi connectivity index (χ1n) is 7.43. The van der Waals surface area contributed by atoms with Crippen LogP contribution in [0.1, 0.15) is 29.5 Å². The third kappa shape index (κ3) is 4.57. The summed E-state index contributed by atoms with van der Waals surface area (Å²) in [6.07, 6.45) is 2.65. The van der Waals surface area contributed by atoms with Gasteiger partial charge in [0.1, 0.15) is 0 Å². The molecule has 1 N–H and O–H groups in total. The SMILES string of the molecule is Clc1ccccc1COCc1ccc(CNC2CC2)cc1. The predicted molar refractivity (Wildman–Crippen MR) is 86.2 cm³/mol. The number of hydrogen-bond donors (Lipinski definition) is 1. The average molecular weight is 302 g/mol. The van der Waals surface area contributed by atoms with Crippen LogP contribution >= 0.6 is 11.6 Å². The summed E-state index contributed by atoms with van der Waals surface area (Å²) < 4.78 is 5.73. The van der Waals surface area contributed by atoms with Crippen LogP contribution in [0.2, 0.25) is 5.02 Å². The lowest BCUT2D eigenvalue weighted by molar-refractivity contribution is 0.107. The van der Waals surface area contributed by atoms with E-state index >= 15 is 0 Å². The second kappa shape index (κ2) is 7.08. The molecule has 0 amide bonds. The van der Waals surface area contributed by atoms with Gasteiger partial charge in [0.2, 0.25) is 0 Å². The van der Waals surface area contributed by atoms with Gasteiger partial charge in [0.15, 0.2) is 0 Å².